The molecule has 0 aliphatic rings. The third-order valence-electron chi connectivity index (χ3n) is 2.92. The van der Waals surface area contributed by atoms with Gasteiger partial charge in [0.25, 0.3) is 0 Å². The molecule has 0 bridgehead atoms. The van der Waals surface area contributed by atoms with Crippen molar-refractivity contribution in [1.29, 1.82) is 0 Å². The van der Waals surface area contributed by atoms with Gasteiger partial charge in [0.15, 0.2) is 0 Å². The monoisotopic (exact) mass is 264 g/mol. The summed E-state index contributed by atoms with van der Waals surface area (Å²) in [5.74, 6) is -0.146. The molecule has 2 nitrogen and oxygen atoms in total. The van der Waals surface area contributed by atoms with Gasteiger partial charge in [0.2, 0.25) is 0 Å². The lowest BCUT2D eigenvalue weighted by molar-refractivity contribution is 0.549. The average molecular weight is 264 g/mol. The topological polar surface area (TPSA) is 24.9 Å². The Kier molecular flexibility index (Phi) is 4.44. The van der Waals surface area contributed by atoms with Gasteiger partial charge in [-0.3, -0.25) is 4.98 Å². The Bertz CT molecular complexity index is 497. The third-order valence-corrected chi connectivity index (χ3v) is 3.73. The van der Waals surface area contributed by atoms with Gasteiger partial charge < -0.3 is 5.32 Å². The highest BCUT2D eigenvalue weighted by molar-refractivity contribution is 7.09. The fourth-order valence-electron chi connectivity index (χ4n) is 1.98. The summed E-state index contributed by atoms with van der Waals surface area (Å²) in [4.78, 5) is 5.33. The van der Waals surface area contributed by atoms with Crippen molar-refractivity contribution >= 4 is 11.3 Å². The van der Waals surface area contributed by atoms with Crippen molar-refractivity contribution < 1.29 is 4.39 Å². The molecule has 4 heteroatoms. The summed E-state index contributed by atoms with van der Waals surface area (Å²) < 4.78 is 13.3. The highest BCUT2D eigenvalue weighted by Crippen LogP contribution is 2.22. The number of hydrogen-bond donors (Lipinski definition) is 1. The zero-order chi connectivity index (χ0) is 13.0. The molecule has 1 aromatic carbocycles. The summed E-state index contributed by atoms with van der Waals surface area (Å²) in [5.41, 5.74) is 3.66. The lowest BCUT2D eigenvalue weighted by Crippen LogP contribution is -2.22. The van der Waals surface area contributed by atoms with Crippen LogP contribution in [0.25, 0.3) is 0 Å². The van der Waals surface area contributed by atoms with Gasteiger partial charge in [-0.25, -0.2) is 4.39 Å². The van der Waals surface area contributed by atoms with Gasteiger partial charge in [0.1, 0.15) is 5.82 Å². The maximum absolute atomic E-state index is 13.3. The summed E-state index contributed by atoms with van der Waals surface area (Å²) in [6.07, 6.45) is 2.79. The quantitative estimate of drug-likeness (QED) is 0.894. The number of likely N-dealkylation sites (N-methyl/N-ethyl adjacent to an activating group) is 1. The standard InChI is InChI=1S/C14H17FN2S/c1-3-17-14(7-12-8-16-9-18-12)11-4-5-13(15)10(2)6-11/h4-6,8-9,14,17H,3,7H2,1-2H3. The van der Waals surface area contributed by atoms with Gasteiger partial charge in [-0.05, 0) is 30.7 Å². The normalized spacial score (nSPS) is 12.6. The number of thiazole rings is 1. The predicted octanol–water partition coefficient (Wildman–Crippen LogP) is 3.48. The van der Waals surface area contributed by atoms with Gasteiger partial charge in [-0.2, -0.15) is 0 Å². The van der Waals surface area contributed by atoms with Crippen LogP contribution in [0.4, 0.5) is 4.39 Å². The smallest absolute Gasteiger partial charge is 0.126 e. The van der Waals surface area contributed by atoms with E-state index in [1.54, 1.807) is 24.3 Å². The van der Waals surface area contributed by atoms with E-state index in [-0.39, 0.29) is 11.9 Å². The average Bonchev–Trinajstić information content (AvgIpc) is 2.85. The van der Waals surface area contributed by atoms with Crippen LogP contribution >= 0.6 is 11.3 Å². The van der Waals surface area contributed by atoms with Crippen molar-refractivity contribution in [2.45, 2.75) is 26.3 Å². The number of benzene rings is 1. The minimum Gasteiger partial charge on any atom is -0.310 e. The molecule has 1 aromatic heterocycles. The minimum absolute atomic E-state index is 0.146. The van der Waals surface area contributed by atoms with Crippen LogP contribution in [0.5, 0.6) is 0 Å². The molecule has 0 aliphatic heterocycles. The van der Waals surface area contributed by atoms with E-state index in [9.17, 15) is 4.39 Å². The molecule has 1 N–H and O–H groups in total. The first-order valence-corrected chi connectivity index (χ1v) is 6.95. The molecule has 18 heavy (non-hydrogen) atoms. The molecule has 1 atom stereocenters. The molecule has 0 aliphatic carbocycles. The number of nitrogens with one attached hydrogen (secondary N) is 1. The van der Waals surface area contributed by atoms with Crippen molar-refractivity contribution in [2.24, 2.45) is 0 Å². The van der Waals surface area contributed by atoms with Crippen molar-refractivity contribution in [3.05, 3.63) is 51.7 Å². The molecule has 0 saturated carbocycles. The Labute approximate surface area is 111 Å². The highest BCUT2D eigenvalue weighted by atomic mass is 32.1. The van der Waals surface area contributed by atoms with Crippen LogP contribution < -0.4 is 5.32 Å². The van der Waals surface area contributed by atoms with Gasteiger partial charge in [-0.15, -0.1) is 11.3 Å². The number of aryl methyl sites for hydroxylation is 1. The fraction of sp³-hybridized carbons (Fsp3) is 0.357. The summed E-state index contributed by atoms with van der Waals surface area (Å²) in [5, 5.41) is 3.44. The Balaban J connectivity index is 2.20. The Morgan fingerprint density at radius 2 is 2.28 bits per heavy atom. The zero-order valence-corrected chi connectivity index (χ0v) is 11.4. The first kappa shape index (κ1) is 13.2. The summed E-state index contributed by atoms with van der Waals surface area (Å²) >= 11 is 1.65. The predicted molar refractivity (Wildman–Crippen MR) is 73.4 cm³/mol. The molecule has 0 saturated heterocycles. The maximum atomic E-state index is 13.3. The molecule has 2 rings (SSSR count). The summed E-state index contributed by atoms with van der Waals surface area (Å²) in [7, 11) is 0. The molecule has 0 radical (unpaired) electrons. The molecule has 1 heterocycles. The summed E-state index contributed by atoms with van der Waals surface area (Å²) in [6, 6.07) is 5.54. The molecular weight excluding hydrogens is 247 g/mol. The largest absolute Gasteiger partial charge is 0.310 e. The Morgan fingerprint density at radius 1 is 1.44 bits per heavy atom. The first-order chi connectivity index (χ1) is 8.70. The van der Waals surface area contributed by atoms with E-state index >= 15 is 0 Å². The number of halogens is 1. The van der Waals surface area contributed by atoms with Crippen molar-refractivity contribution in [1.82, 2.24) is 10.3 Å². The number of nitrogens with zero attached hydrogens (tertiary/aromatic N) is 1. The number of aromatic nitrogens is 1. The second-order valence-corrected chi connectivity index (χ2v) is 5.26. The molecule has 96 valence electrons. The van der Waals surface area contributed by atoms with Crippen LogP contribution in [-0.2, 0) is 6.42 Å². The van der Waals surface area contributed by atoms with E-state index in [4.69, 9.17) is 0 Å². The molecule has 2 aromatic rings. The van der Waals surface area contributed by atoms with Gasteiger partial charge >= 0.3 is 0 Å². The molecule has 1 unspecified atom stereocenters. The van der Waals surface area contributed by atoms with Crippen LogP contribution in [0.3, 0.4) is 0 Å². The van der Waals surface area contributed by atoms with Crippen molar-refractivity contribution in [2.75, 3.05) is 6.54 Å². The second kappa shape index (κ2) is 6.07. The van der Waals surface area contributed by atoms with Gasteiger partial charge in [-0.1, -0.05) is 19.1 Å². The first-order valence-electron chi connectivity index (χ1n) is 6.07. The minimum atomic E-state index is -0.146. The Hall–Kier alpha value is -1.26. The molecular formula is C14H17FN2S. The SMILES string of the molecule is CCNC(Cc1cncs1)c1ccc(F)c(C)c1. The van der Waals surface area contributed by atoms with Crippen LogP contribution in [-0.4, -0.2) is 11.5 Å². The van der Waals surface area contributed by atoms with E-state index in [0.717, 1.165) is 18.5 Å². The lowest BCUT2D eigenvalue weighted by Gasteiger charge is -2.18. The van der Waals surface area contributed by atoms with Crippen LogP contribution in [0.15, 0.2) is 29.9 Å². The van der Waals surface area contributed by atoms with Crippen LogP contribution in [0.1, 0.15) is 29.0 Å². The fourth-order valence-corrected chi connectivity index (χ4v) is 2.62. The van der Waals surface area contributed by atoms with E-state index < -0.39 is 0 Å². The second-order valence-electron chi connectivity index (χ2n) is 4.29. The van der Waals surface area contributed by atoms with E-state index in [1.807, 2.05) is 23.8 Å². The molecule has 0 spiro atoms. The zero-order valence-electron chi connectivity index (χ0n) is 10.6. The highest BCUT2D eigenvalue weighted by Gasteiger charge is 2.13. The van der Waals surface area contributed by atoms with E-state index in [2.05, 4.69) is 17.2 Å². The third kappa shape index (κ3) is 3.15. The van der Waals surface area contributed by atoms with Crippen molar-refractivity contribution in [3.63, 3.8) is 0 Å². The van der Waals surface area contributed by atoms with Crippen LogP contribution in [0.2, 0.25) is 0 Å². The molecule has 0 fully saturated rings. The number of rotatable bonds is 5. The lowest BCUT2D eigenvalue weighted by atomic mass is 10.0. The van der Waals surface area contributed by atoms with Crippen molar-refractivity contribution in [3.8, 4) is 0 Å². The van der Waals surface area contributed by atoms with Gasteiger partial charge in [0, 0.05) is 23.5 Å². The van der Waals surface area contributed by atoms with Gasteiger partial charge in [0.05, 0.1) is 5.51 Å². The maximum Gasteiger partial charge on any atom is 0.126 e. The van der Waals surface area contributed by atoms with E-state index in [1.165, 1.54) is 4.88 Å². The molecule has 0 amide bonds. The summed E-state index contributed by atoms with van der Waals surface area (Å²) in [6.45, 7) is 4.77. The Morgan fingerprint density at radius 3 is 2.89 bits per heavy atom. The van der Waals surface area contributed by atoms with Crippen LogP contribution in [0, 0.1) is 12.7 Å². The number of hydrogen-bond acceptors (Lipinski definition) is 3. The van der Waals surface area contributed by atoms with E-state index in [0.29, 0.717) is 5.56 Å².